The number of nitrogen functional groups attached to an aromatic ring is 1. The summed E-state index contributed by atoms with van der Waals surface area (Å²) < 4.78 is 4.14. The number of aromatic nitrogens is 1. The van der Waals surface area contributed by atoms with Gasteiger partial charge in [0.2, 0.25) is 0 Å². The first-order valence-corrected chi connectivity index (χ1v) is 6.75. The summed E-state index contributed by atoms with van der Waals surface area (Å²) in [4.78, 5) is 1.10. The average Bonchev–Trinajstić information content (AvgIpc) is 2.74. The second-order valence-corrected chi connectivity index (χ2v) is 5.37. The summed E-state index contributed by atoms with van der Waals surface area (Å²) in [7, 11) is 0. The van der Waals surface area contributed by atoms with Gasteiger partial charge in [-0.3, -0.25) is 0 Å². The lowest BCUT2D eigenvalue weighted by atomic mass is 10.3. The van der Waals surface area contributed by atoms with Crippen molar-refractivity contribution in [2.45, 2.75) is 18.2 Å². The van der Waals surface area contributed by atoms with E-state index in [-0.39, 0.29) is 0 Å². The number of thioether (sulfide) groups is 1. The van der Waals surface area contributed by atoms with Gasteiger partial charge in [0.25, 0.3) is 0 Å². The van der Waals surface area contributed by atoms with E-state index in [9.17, 15) is 0 Å². The third-order valence-electron chi connectivity index (χ3n) is 2.68. The van der Waals surface area contributed by atoms with Crippen molar-refractivity contribution in [3.05, 3.63) is 0 Å². The van der Waals surface area contributed by atoms with E-state index >= 15 is 0 Å². The van der Waals surface area contributed by atoms with Crippen molar-refractivity contribution in [1.82, 2.24) is 4.37 Å². The quantitative estimate of drug-likeness (QED) is 0.779. The molecule has 0 amide bonds. The van der Waals surface area contributed by atoms with Crippen LogP contribution in [0.4, 0.5) is 10.8 Å². The molecule has 3 N–H and O–H groups in total. The van der Waals surface area contributed by atoms with Crippen molar-refractivity contribution in [1.29, 1.82) is 0 Å². The molecule has 2 rings (SSSR count). The fourth-order valence-corrected chi connectivity index (χ4v) is 3.06. The van der Waals surface area contributed by atoms with Crippen LogP contribution in [0.15, 0.2) is 4.90 Å². The molecule has 5 heteroatoms. The molecule has 1 saturated carbocycles. The molecular weight excluding hydrogens is 214 g/mol. The molecule has 3 nitrogen and oxygen atoms in total. The smallest absolute Gasteiger partial charge is 0.153 e. The molecule has 0 aromatic carbocycles. The van der Waals surface area contributed by atoms with E-state index in [2.05, 4.69) is 16.6 Å². The third-order valence-corrected chi connectivity index (χ3v) is 4.45. The largest absolute Gasteiger partial charge is 0.382 e. The SMILES string of the molecule is CSc1c(N)nsc1NCC1CC1C. The minimum atomic E-state index is 0.661. The molecule has 1 aromatic rings. The van der Waals surface area contributed by atoms with Crippen LogP contribution in [-0.2, 0) is 0 Å². The first-order valence-electron chi connectivity index (χ1n) is 4.75. The number of anilines is 2. The monoisotopic (exact) mass is 229 g/mol. The fraction of sp³-hybridized carbons (Fsp3) is 0.667. The first-order chi connectivity index (χ1) is 6.72. The number of nitrogens with one attached hydrogen (secondary N) is 1. The Labute approximate surface area is 92.6 Å². The normalized spacial score (nSPS) is 25.0. The molecule has 1 aromatic heterocycles. The van der Waals surface area contributed by atoms with Crippen molar-refractivity contribution in [2.75, 3.05) is 23.9 Å². The Hall–Kier alpha value is -0.420. The van der Waals surface area contributed by atoms with E-state index in [1.54, 1.807) is 11.8 Å². The molecule has 1 fully saturated rings. The summed E-state index contributed by atoms with van der Waals surface area (Å²) in [6.45, 7) is 3.36. The zero-order valence-electron chi connectivity index (χ0n) is 8.41. The summed E-state index contributed by atoms with van der Waals surface area (Å²) >= 11 is 3.13. The van der Waals surface area contributed by atoms with Crippen LogP contribution in [0.1, 0.15) is 13.3 Å². The molecule has 0 bridgehead atoms. The maximum atomic E-state index is 5.74. The topological polar surface area (TPSA) is 50.9 Å². The van der Waals surface area contributed by atoms with Gasteiger partial charge in [-0.2, -0.15) is 4.37 Å². The van der Waals surface area contributed by atoms with Gasteiger partial charge in [0, 0.05) is 6.54 Å². The molecule has 0 spiro atoms. The highest BCUT2D eigenvalue weighted by Gasteiger charge is 2.32. The minimum absolute atomic E-state index is 0.661. The molecule has 2 atom stereocenters. The average molecular weight is 229 g/mol. The van der Waals surface area contributed by atoms with Crippen molar-refractivity contribution in [3.63, 3.8) is 0 Å². The zero-order chi connectivity index (χ0) is 10.1. The second-order valence-electron chi connectivity index (χ2n) is 3.78. The van der Waals surface area contributed by atoms with Crippen molar-refractivity contribution < 1.29 is 0 Å². The van der Waals surface area contributed by atoms with Crippen LogP contribution in [0.5, 0.6) is 0 Å². The van der Waals surface area contributed by atoms with Gasteiger partial charge in [0.15, 0.2) is 5.82 Å². The Morgan fingerprint density at radius 3 is 3.00 bits per heavy atom. The standard InChI is InChI=1S/C9H15N3S2/c1-5-3-6(5)4-11-9-7(13-2)8(10)12-14-9/h5-6,11H,3-4H2,1-2H3,(H2,10,12). The molecule has 1 heterocycles. The van der Waals surface area contributed by atoms with E-state index in [4.69, 9.17) is 5.73 Å². The van der Waals surface area contributed by atoms with Gasteiger partial charge in [0.1, 0.15) is 5.00 Å². The number of hydrogen-bond acceptors (Lipinski definition) is 5. The van der Waals surface area contributed by atoms with Crippen molar-refractivity contribution in [3.8, 4) is 0 Å². The number of hydrogen-bond donors (Lipinski definition) is 2. The zero-order valence-corrected chi connectivity index (χ0v) is 10.0. The number of nitrogens with zero attached hydrogens (tertiary/aromatic N) is 1. The molecule has 1 aliphatic rings. The summed E-state index contributed by atoms with van der Waals surface area (Å²) in [5.74, 6) is 2.41. The highest BCUT2D eigenvalue weighted by Crippen LogP contribution is 2.39. The first kappa shape index (κ1) is 10.1. The van der Waals surface area contributed by atoms with E-state index in [0.29, 0.717) is 5.82 Å². The van der Waals surface area contributed by atoms with Gasteiger partial charge >= 0.3 is 0 Å². The summed E-state index contributed by atoms with van der Waals surface area (Å²) in [5, 5.41) is 4.57. The highest BCUT2D eigenvalue weighted by atomic mass is 32.2. The van der Waals surface area contributed by atoms with E-state index in [0.717, 1.165) is 28.3 Å². The van der Waals surface area contributed by atoms with Crippen LogP contribution in [0.3, 0.4) is 0 Å². The molecule has 1 aliphatic carbocycles. The number of nitrogens with two attached hydrogens (primary N) is 1. The van der Waals surface area contributed by atoms with Crippen LogP contribution in [0, 0.1) is 11.8 Å². The van der Waals surface area contributed by atoms with E-state index < -0.39 is 0 Å². The second kappa shape index (κ2) is 3.98. The van der Waals surface area contributed by atoms with Gasteiger partial charge in [-0.25, -0.2) is 0 Å². The summed E-state index contributed by atoms with van der Waals surface area (Å²) in [6.07, 6.45) is 3.39. The van der Waals surface area contributed by atoms with Crippen molar-refractivity contribution >= 4 is 34.1 Å². The lowest BCUT2D eigenvalue weighted by Crippen LogP contribution is -2.03. The van der Waals surface area contributed by atoms with Crippen LogP contribution in [-0.4, -0.2) is 17.2 Å². The lowest BCUT2D eigenvalue weighted by Gasteiger charge is -2.03. The Morgan fingerprint density at radius 1 is 1.71 bits per heavy atom. The third kappa shape index (κ3) is 1.98. The van der Waals surface area contributed by atoms with Crippen LogP contribution in [0.2, 0.25) is 0 Å². The summed E-state index contributed by atoms with van der Waals surface area (Å²) in [6, 6.07) is 0. The minimum Gasteiger partial charge on any atom is -0.382 e. The Bertz CT molecular complexity index is 324. The van der Waals surface area contributed by atoms with Gasteiger partial charge < -0.3 is 11.1 Å². The van der Waals surface area contributed by atoms with Crippen LogP contribution >= 0.6 is 23.3 Å². The van der Waals surface area contributed by atoms with Gasteiger partial charge in [-0.05, 0) is 36.0 Å². The highest BCUT2D eigenvalue weighted by molar-refractivity contribution is 7.99. The molecule has 78 valence electrons. The molecule has 0 radical (unpaired) electrons. The predicted molar refractivity (Wildman–Crippen MR) is 64.1 cm³/mol. The van der Waals surface area contributed by atoms with Gasteiger partial charge in [-0.15, -0.1) is 11.8 Å². The van der Waals surface area contributed by atoms with Gasteiger partial charge in [0.05, 0.1) is 4.90 Å². The molecule has 14 heavy (non-hydrogen) atoms. The molecular formula is C9H15N3S2. The summed E-state index contributed by atoms with van der Waals surface area (Å²) in [5.41, 5.74) is 5.74. The fourth-order valence-electron chi connectivity index (χ4n) is 1.51. The Kier molecular flexibility index (Phi) is 2.88. The van der Waals surface area contributed by atoms with Crippen LogP contribution < -0.4 is 11.1 Å². The lowest BCUT2D eigenvalue weighted by molar-refractivity contribution is 0.787. The predicted octanol–water partition coefficient (Wildman–Crippen LogP) is 2.52. The van der Waals surface area contributed by atoms with E-state index in [1.807, 2.05) is 6.26 Å². The van der Waals surface area contributed by atoms with Crippen molar-refractivity contribution in [2.24, 2.45) is 11.8 Å². The molecule has 2 unspecified atom stereocenters. The van der Waals surface area contributed by atoms with E-state index in [1.165, 1.54) is 18.0 Å². The molecule has 0 saturated heterocycles. The van der Waals surface area contributed by atoms with Gasteiger partial charge in [-0.1, -0.05) is 6.92 Å². The Balaban J connectivity index is 1.94. The Morgan fingerprint density at radius 2 is 2.43 bits per heavy atom. The maximum absolute atomic E-state index is 5.74. The number of rotatable bonds is 4. The maximum Gasteiger partial charge on any atom is 0.153 e. The molecule has 0 aliphatic heterocycles. The van der Waals surface area contributed by atoms with Crippen LogP contribution in [0.25, 0.3) is 0 Å².